The summed E-state index contributed by atoms with van der Waals surface area (Å²) in [6.07, 6.45) is 0.779. The highest BCUT2D eigenvalue weighted by atomic mass is 32.2. The molecule has 0 unspecified atom stereocenters. The fourth-order valence-corrected chi connectivity index (χ4v) is 3.52. The van der Waals surface area contributed by atoms with E-state index >= 15 is 0 Å². The smallest absolute Gasteiger partial charge is 0.265 e. The largest absolute Gasteiger partial charge is 0.481 e. The normalized spacial score (nSPS) is 12.1. The number of aromatic nitrogens is 1. The van der Waals surface area contributed by atoms with Crippen LogP contribution in [0.5, 0.6) is 5.75 Å². The number of hydrogen-bond acceptors (Lipinski definition) is 5. The van der Waals surface area contributed by atoms with E-state index in [-0.39, 0.29) is 16.6 Å². The first-order chi connectivity index (χ1) is 13.8. The van der Waals surface area contributed by atoms with E-state index in [1.807, 2.05) is 25.1 Å². The lowest BCUT2D eigenvalue weighted by molar-refractivity contribution is -0.122. The Morgan fingerprint density at radius 2 is 1.69 bits per heavy atom. The van der Waals surface area contributed by atoms with Gasteiger partial charge in [-0.05, 0) is 61.9 Å². The molecule has 2 aromatic carbocycles. The van der Waals surface area contributed by atoms with Crippen LogP contribution in [0.4, 0.5) is 11.5 Å². The number of pyridine rings is 1. The van der Waals surface area contributed by atoms with Crippen LogP contribution in [-0.2, 0) is 14.8 Å². The van der Waals surface area contributed by atoms with Crippen LogP contribution in [0.25, 0.3) is 0 Å². The monoisotopic (exact) mass is 411 g/mol. The molecule has 1 amide bonds. The first kappa shape index (κ1) is 20.3. The Morgan fingerprint density at radius 1 is 1.00 bits per heavy atom. The molecule has 0 aliphatic rings. The van der Waals surface area contributed by atoms with Gasteiger partial charge in [0.15, 0.2) is 6.10 Å². The Labute approximate surface area is 169 Å². The highest BCUT2D eigenvalue weighted by Crippen LogP contribution is 2.20. The fraction of sp³-hybridized carbons (Fsp3) is 0.143. The maximum absolute atomic E-state index is 12.4. The number of para-hydroxylation sites is 1. The molecule has 0 spiro atoms. The standard InChI is InChI=1S/C21H21N3O4S/c1-15-7-3-4-8-19(15)28-16(2)21(25)23-17-10-12-18(13-11-17)29(26,27)24-20-9-5-6-14-22-20/h3-14,16H,1-2H3,(H,22,24)(H,23,25)/t16-/m0/s1. The van der Waals surface area contributed by atoms with Gasteiger partial charge >= 0.3 is 0 Å². The van der Waals surface area contributed by atoms with Crippen molar-refractivity contribution < 1.29 is 17.9 Å². The number of nitrogens with zero attached hydrogens (tertiary/aromatic N) is 1. The lowest BCUT2D eigenvalue weighted by atomic mass is 10.2. The molecule has 2 N–H and O–H groups in total. The van der Waals surface area contributed by atoms with Gasteiger partial charge < -0.3 is 10.1 Å². The van der Waals surface area contributed by atoms with Crippen molar-refractivity contribution in [2.24, 2.45) is 0 Å². The summed E-state index contributed by atoms with van der Waals surface area (Å²) in [7, 11) is -3.77. The second kappa shape index (κ2) is 8.74. The molecule has 1 aromatic heterocycles. The molecule has 0 radical (unpaired) electrons. The number of amides is 1. The van der Waals surface area contributed by atoms with E-state index in [9.17, 15) is 13.2 Å². The van der Waals surface area contributed by atoms with Crippen LogP contribution in [0.1, 0.15) is 12.5 Å². The summed E-state index contributed by atoms with van der Waals surface area (Å²) in [5.41, 5.74) is 1.40. The lowest BCUT2D eigenvalue weighted by Crippen LogP contribution is -2.30. The molecule has 0 saturated heterocycles. The maximum Gasteiger partial charge on any atom is 0.265 e. The van der Waals surface area contributed by atoms with Crippen molar-refractivity contribution in [3.63, 3.8) is 0 Å². The van der Waals surface area contributed by atoms with Crippen LogP contribution in [0.15, 0.2) is 77.8 Å². The summed E-state index contributed by atoms with van der Waals surface area (Å²) in [6.45, 7) is 3.55. The minimum absolute atomic E-state index is 0.0605. The number of sulfonamides is 1. The molecule has 0 aliphatic heterocycles. The Hall–Kier alpha value is -3.39. The number of benzene rings is 2. The molecule has 29 heavy (non-hydrogen) atoms. The Morgan fingerprint density at radius 3 is 2.34 bits per heavy atom. The summed E-state index contributed by atoms with van der Waals surface area (Å²) < 4.78 is 32.9. The predicted octanol–water partition coefficient (Wildman–Crippen LogP) is 3.60. The van der Waals surface area contributed by atoms with E-state index in [0.717, 1.165) is 5.56 Å². The van der Waals surface area contributed by atoms with Crippen LogP contribution in [-0.4, -0.2) is 25.4 Å². The van der Waals surface area contributed by atoms with Gasteiger partial charge in [0.05, 0.1) is 4.90 Å². The third-order valence-corrected chi connectivity index (χ3v) is 5.47. The quantitative estimate of drug-likeness (QED) is 0.619. The average Bonchev–Trinajstić information content (AvgIpc) is 2.70. The first-order valence-electron chi connectivity index (χ1n) is 8.92. The Bertz CT molecular complexity index is 1080. The summed E-state index contributed by atoms with van der Waals surface area (Å²) in [6, 6.07) is 18.2. The molecule has 3 rings (SSSR count). The SMILES string of the molecule is Cc1ccccc1O[C@@H](C)C(=O)Nc1ccc(S(=O)(=O)Nc2ccccn2)cc1. The molecule has 1 heterocycles. The number of carbonyl (C=O) groups is 1. The molecule has 7 nitrogen and oxygen atoms in total. The number of aryl methyl sites for hydroxylation is 1. The van der Waals surface area contributed by atoms with Crippen LogP contribution in [0, 0.1) is 6.92 Å². The van der Waals surface area contributed by atoms with E-state index < -0.39 is 16.1 Å². The van der Waals surface area contributed by atoms with Crippen molar-refractivity contribution in [2.45, 2.75) is 24.8 Å². The van der Waals surface area contributed by atoms with Crippen LogP contribution >= 0.6 is 0 Å². The third-order valence-electron chi connectivity index (χ3n) is 4.10. The molecule has 0 fully saturated rings. The van der Waals surface area contributed by atoms with Crippen molar-refractivity contribution in [1.29, 1.82) is 0 Å². The highest BCUT2D eigenvalue weighted by Gasteiger charge is 2.17. The molecule has 8 heteroatoms. The maximum atomic E-state index is 12.4. The van der Waals surface area contributed by atoms with Crippen molar-refractivity contribution in [3.05, 3.63) is 78.5 Å². The number of hydrogen-bond donors (Lipinski definition) is 2. The van der Waals surface area contributed by atoms with E-state index in [0.29, 0.717) is 11.4 Å². The van der Waals surface area contributed by atoms with Crippen LogP contribution in [0.3, 0.4) is 0 Å². The predicted molar refractivity (Wildman–Crippen MR) is 111 cm³/mol. The zero-order chi connectivity index (χ0) is 20.9. The highest BCUT2D eigenvalue weighted by molar-refractivity contribution is 7.92. The summed E-state index contributed by atoms with van der Waals surface area (Å²) in [5.74, 6) is 0.528. The summed E-state index contributed by atoms with van der Waals surface area (Å²) in [4.78, 5) is 16.4. The molecular weight excluding hydrogens is 390 g/mol. The molecule has 0 saturated carbocycles. The van der Waals surface area contributed by atoms with Gasteiger partial charge in [0.25, 0.3) is 15.9 Å². The summed E-state index contributed by atoms with van der Waals surface area (Å²) in [5, 5.41) is 2.72. The third kappa shape index (κ3) is 5.32. The molecule has 3 aromatic rings. The van der Waals surface area contributed by atoms with Gasteiger partial charge in [-0.3, -0.25) is 9.52 Å². The van der Waals surface area contributed by atoms with Gasteiger partial charge in [-0.2, -0.15) is 0 Å². The van der Waals surface area contributed by atoms with Gasteiger partial charge in [-0.1, -0.05) is 24.3 Å². The van der Waals surface area contributed by atoms with E-state index in [2.05, 4.69) is 15.0 Å². The second-order valence-corrected chi connectivity index (χ2v) is 8.04. The molecule has 1 atom stereocenters. The topological polar surface area (TPSA) is 97.4 Å². The number of rotatable bonds is 7. The van der Waals surface area contributed by atoms with E-state index in [4.69, 9.17) is 4.74 Å². The van der Waals surface area contributed by atoms with Crippen molar-refractivity contribution >= 4 is 27.4 Å². The fourth-order valence-electron chi connectivity index (χ4n) is 2.51. The van der Waals surface area contributed by atoms with E-state index in [1.54, 1.807) is 31.2 Å². The zero-order valence-corrected chi connectivity index (χ0v) is 16.8. The van der Waals surface area contributed by atoms with Gasteiger partial charge in [-0.25, -0.2) is 13.4 Å². The Kier molecular flexibility index (Phi) is 6.13. The average molecular weight is 411 g/mol. The Balaban J connectivity index is 1.64. The van der Waals surface area contributed by atoms with E-state index in [1.165, 1.54) is 30.5 Å². The van der Waals surface area contributed by atoms with Gasteiger partial charge in [0, 0.05) is 11.9 Å². The van der Waals surface area contributed by atoms with Crippen LogP contribution < -0.4 is 14.8 Å². The first-order valence-corrected chi connectivity index (χ1v) is 10.4. The number of carbonyl (C=O) groups excluding carboxylic acids is 1. The minimum Gasteiger partial charge on any atom is -0.481 e. The minimum atomic E-state index is -3.77. The second-order valence-electron chi connectivity index (χ2n) is 6.36. The molecule has 0 bridgehead atoms. The van der Waals surface area contributed by atoms with Crippen molar-refractivity contribution in [1.82, 2.24) is 4.98 Å². The summed E-state index contributed by atoms with van der Waals surface area (Å²) >= 11 is 0. The van der Waals surface area contributed by atoms with Crippen molar-refractivity contribution in [2.75, 3.05) is 10.0 Å². The number of anilines is 2. The zero-order valence-electron chi connectivity index (χ0n) is 16.0. The number of nitrogens with one attached hydrogen (secondary N) is 2. The number of ether oxygens (including phenoxy) is 1. The lowest BCUT2D eigenvalue weighted by Gasteiger charge is -2.16. The molecule has 0 aliphatic carbocycles. The van der Waals surface area contributed by atoms with Gasteiger partial charge in [0.1, 0.15) is 11.6 Å². The van der Waals surface area contributed by atoms with Gasteiger partial charge in [0.2, 0.25) is 0 Å². The van der Waals surface area contributed by atoms with Crippen LogP contribution in [0.2, 0.25) is 0 Å². The molecular formula is C21H21N3O4S. The van der Waals surface area contributed by atoms with Gasteiger partial charge in [-0.15, -0.1) is 0 Å². The van der Waals surface area contributed by atoms with Crippen molar-refractivity contribution in [3.8, 4) is 5.75 Å². The molecule has 150 valence electrons.